The van der Waals surface area contributed by atoms with Gasteiger partial charge in [0, 0.05) is 26.6 Å². The van der Waals surface area contributed by atoms with E-state index < -0.39 is 4.92 Å². The minimum absolute atomic E-state index is 0.108. The Morgan fingerprint density at radius 3 is 2.65 bits per heavy atom. The van der Waals surface area contributed by atoms with Gasteiger partial charge < -0.3 is 16.0 Å². The first-order valence-corrected chi connectivity index (χ1v) is 6.21. The van der Waals surface area contributed by atoms with Crippen LogP contribution in [0.3, 0.4) is 0 Å². The number of amides is 1. The van der Waals surface area contributed by atoms with Gasteiger partial charge in [0.15, 0.2) is 0 Å². The molecule has 1 aromatic rings. The molecule has 1 heterocycles. The molecule has 0 aliphatic rings. The summed E-state index contributed by atoms with van der Waals surface area (Å²) in [5, 5.41) is 19.2. The molecular formula is C11H18N6O3. The first-order valence-electron chi connectivity index (χ1n) is 6.21. The van der Waals surface area contributed by atoms with E-state index in [0.717, 1.165) is 0 Å². The first-order chi connectivity index (χ1) is 9.49. The number of nitrogens with zero attached hydrogens (tertiary/aromatic N) is 3. The predicted molar refractivity (Wildman–Crippen MR) is 74.8 cm³/mol. The largest absolute Gasteiger partial charge is 0.364 e. The van der Waals surface area contributed by atoms with E-state index in [0.29, 0.717) is 6.54 Å². The van der Waals surface area contributed by atoms with Crippen LogP contribution in [0.4, 0.5) is 17.5 Å². The van der Waals surface area contributed by atoms with Gasteiger partial charge in [0.1, 0.15) is 5.69 Å². The summed E-state index contributed by atoms with van der Waals surface area (Å²) >= 11 is 0. The molecule has 9 nitrogen and oxygen atoms in total. The molecule has 0 aromatic carbocycles. The molecule has 0 bridgehead atoms. The van der Waals surface area contributed by atoms with Crippen LogP contribution in [0.2, 0.25) is 0 Å². The topological polar surface area (TPSA) is 122 Å². The van der Waals surface area contributed by atoms with Crippen LogP contribution in [-0.4, -0.2) is 40.9 Å². The number of nitro groups is 1. The molecule has 9 heteroatoms. The molecule has 110 valence electrons. The van der Waals surface area contributed by atoms with E-state index in [-0.39, 0.29) is 42.0 Å². The molecule has 0 fully saturated rings. The highest BCUT2D eigenvalue weighted by Crippen LogP contribution is 2.26. The Hall–Kier alpha value is -2.45. The van der Waals surface area contributed by atoms with Crippen LogP contribution in [0.5, 0.6) is 0 Å². The van der Waals surface area contributed by atoms with Crippen LogP contribution < -0.4 is 16.0 Å². The maximum Gasteiger partial charge on any atom is 0.332 e. The number of hydrogen-bond donors (Lipinski definition) is 3. The lowest BCUT2D eigenvalue weighted by Gasteiger charge is -2.09. The first kappa shape index (κ1) is 15.6. The van der Waals surface area contributed by atoms with Crippen LogP contribution in [-0.2, 0) is 4.79 Å². The number of aryl methyl sites for hydroxylation is 1. The molecule has 0 aliphatic carbocycles. The molecule has 0 aliphatic heterocycles. The standard InChI is InChI=1S/C11H18N6O3/c1-4-13-8(18)5-6-14-10-9(17(19)20)7(2)15-11(12-3)16-10/h4-6H2,1-3H3,(H,13,18)(H2,12,14,15,16). The van der Waals surface area contributed by atoms with Crippen molar-refractivity contribution >= 4 is 23.4 Å². The normalized spacial score (nSPS) is 9.95. The molecule has 1 amide bonds. The minimum Gasteiger partial charge on any atom is -0.364 e. The Labute approximate surface area is 116 Å². The van der Waals surface area contributed by atoms with E-state index in [1.807, 2.05) is 6.92 Å². The van der Waals surface area contributed by atoms with Gasteiger partial charge in [-0.2, -0.15) is 4.98 Å². The highest BCUT2D eigenvalue weighted by molar-refractivity contribution is 5.76. The highest BCUT2D eigenvalue weighted by Gasteiger charge is 2.21. The SMILES string of the molecule is CCNC(=O)CCNc1nc(NC)nc(C)c1[N+](=O)[O-]. The van der Waals surface area contributed by atoms with Gasteiger partial charge in [-0.3, -0.25) is 14.9 Å². The van der Waals surface area contributed by atoms with Crippen molar-refractivity contribution in [2.75, 3.05) is 30.8 Å². The number of nitrogens with one attached hydrogen (secondary N) is 3. The van der Waals surface area contributed by atoms with Crippen molar-refractivity contribution in [3.8, 4) is 0 Å². The monoisotopic (exact) mass is 282 g/mol. The Morgan fingerprint density at radius 2 is 2.10 bits per heavy atom. The third kappa shape index (κ3) is 4.04. The van der Waals surface area contributed by atoms with Crippen molar-refractivity contribution in [3.63, 3.8) is 0 Å². The summed E-state index contributed by atoms with van der Waals surface area (Å²) in [5.41, 5.74) is 0.0785. The molecule has 0 saturated heterocycles. The van der Waals surface area contributed by atoms with Gasteiger partial charge in [-0.1, -0.05) is 0 Å². The molecule has 0 spiro atoms. The highest BCUT2D eigenvalue weighted by atomic mass is 16.6. The predicted octanol–water partition coefficient (Wildman–Crippen LogP) is 0.673. The number of hydrogen-bond acceptors (Lipinski definition) is 7. The number of carbonyl (C=O) groups excluding carboxylic acids is 1. The number of aromatic nitrogens is 2. The van der Waals surface area contributed by atoms with Gasteiger partial charge in [0.25, 0.3) is 0 Å². The molecule has 20 heavy (non-hydrogen) atoms. The Balaban J connectivity index is 2.84. The summed E-state index contributed by atoms with van der Waals surface area (Å²) in [4.78, 5) is 29.8. The molecule has 0 unspecified atom stereocenters. The van der Waals surface area contributed by atoms with Gasteiger partial charge in [-0.15, -0.1) is 0 Å². The summed E-state index contributed by atoms with van der Waals surface area (Å²) < 4.78 is 0. The lowest BCUT2D eigenvalue weighted by molar-refractivity contribution is -0.385. The van der Waals surface area contributed by atoms with Crippen molar-refractivity contribution in [2.24, 2.45) is 0 Å². The fraction of sp³-hybridized carbons (Fsp3) is 0.545. The number of anilines is 2. The maximum absolute atomic E-state index is 11.3. The van der Waals surface area contributed by atoms with Gasteiger partial charge >= 0.3 is 5.69 Å². The van der Waals surface area contributed by atoms with Gasteiger partial charge in [0.2, 0.25) is 17.7 Å². The van der Waals surface area contributed by atoms with Gasteiger partial charge in [-0.25, -0.2) is 4.98 Å². The quantitative estimate of drug-likeness (QED) is 0.496. The minimum atomic E-state index is -0.538. The molecule has 0 atom stereocenters. The van der Waals surface area contributed by atoms with Crippen molar-refractivity contribution < 1.29 is 9.72 Å². The molecule has 1 aromatic heterocycles. The molecular weight excluding hydrogens is 264 g/mol. The second-order valence-electron chi connectivity index (χ2n) is 3.97. The Bertz CT molecular complexity index is 505. The van der Waals surface area contributed by atoms with Crippen molar-refractivity contribution in [3.05, 3.63) is 15.8 Å². The van der Waals surface area contributed by atoms with E-state index in [9.17, 15) is 14.9 Å². The summed E-state index contributed by atoms with van der Waals surface area (Å²) in [6, 6.07) is 0. The second kappa shape index (κ2) is 7.22. The molecule has 0 radical (unpaired) electrons. The third-order valence-electron chi connectivity index (χ3n) is 2.48. The van der Waals surface area contributed by atoms with E-state index in [1.165, 1.54) is 6.92 Å². The fourth-order valence-electron chi connectivity index (χ4n) is 1.60. The zero-order valence-electron chi connectivity index (χ0n) is 11.7. The summed E-state index contributed by atoms with van der Waals surface area (Å²) in [7, 11) is 1.62. The van der Waals surface area contributed by atoms with Gasteiger partial charge in [-0.05, 0) is 13.8 Å². The number of carbonyl (C=O) groups is 1. The van der Waals surface area contributed by atoms with Crippen LogP contribution in [0.25, 0.3) is 0 Å². The fourth-order valence-corrected chi connectivity index (χ4v) is 1.60. The smallest absolute Gasteiger partial charge is 0.332 e. The second-order valence-corrected chi connectivity index (χ2v) is 3.97. The van der Waals surface area contributed by atoms with Gasteiger partial charge in [0.05, 0.1) is 4.92 Å². The molecule has 3 N–H and O–H groups in total. The van der Waals surface area contributed by atoms with Crippen LogP contribution in [0, 0.1) is 17.0 Å². The average Bonchev–Trinajstić information content (AvgIpc) is 2.37. The van der Waals surface area contributed by atoms with Crippen molar-refractivity contribution in [2.45, 2.75) is 20.3 Å². The third-order valence-corrected chi connectivity index (χ3v) is 2.48. The maximum atomic E-state index is 11.3. The van der Waals surface area contributed by atoms with E-state index in [2.05, 4.69) is 25.9 Å². The van der Waals surface area contributed by atoms with E-state index in [4.69, 9.17) is 0 Å². The van der Waals surface area contributed by atoms with Crippen LogP contribution in [0.15, 0.2) is 0 Å². The van der Waals surface area contributed by atoms with Crippen LogP contribution in [0.1, 0.15) is 19.0 Å². The summed E-state index contributed by atoms with van der Waals surface area (Å²) in [6.45, 7) is 4.17. The average molecular weight is 282 g/mol. The zero-order chi connectivity index (χ0) is 15.1. The molecule has 0 saturated carbocycles. The lowest BCUT2D eigenvalue weighted by atomic mass is 10.3. The Kier molecular flexibility index (Phi) is 5.63. The zero-order valence-corrected chi connectivity index (χ0v) is 11.7. The van der Waals surface area contributed by atoms with E-state index in [1.54, 1.807) is 7.05 Å². The summed E-state index contributed by atoms with van der Waals surface area (Å²) in [5.74, 6) is 0.270. The van der Waals surface area contributed by atoms with Crippen molar-refractivity contribution in [1.29, 1.82) is 0 Å². The number of rotatable bonds is 7. The lowest BCUT2D eigenvalue weighted by Crippen LogP contribution is -2.25. The van der Waals surface area contributed by atoms with Crippen molar-refractivity contribution in [1.82, 2.24) is 15.3 Å². The van der Waals surface area contributed by atoms with E-state index >= 15 is 0 Å². The van der Waals surface area contributed by atoms with Crippen LogP contribution >= 0.6 is 0 Å². The molecule has 1 rings (SSSR count). The Morgan fingerprint density at radius 1 is 1.40 bits per heavy atom. The summed E-state index contributed by atoms with van der Waals surface area (Å²) in [6.07, 6.45) is 0.211.